The van der Waals surface area contributed by atoms with E-state index in [0.717, 1.165) is 16.1 Å². The molecule has 0 N–H and O–H groups in total. The molecule has 3 heteroatoms. The molecule has 21 heavy (non-hydrogen) atoms. The van der Waals surface area contributed by atoms with E-state index in [0.29, 0.717) is 6.42 Å². The van der Waals surface area contributed by atoms with E-state index in [-0.39, 0.29) is 12.1 Å². The Bertz CT molecular complexity index is 619. The lowest BCUT2D eigenvalue weighted by Gasteiger charge is -2.32. The van der Waals surface area contributed by atoms with E-state index in [1.54, 1.807) is 0 Å². The number of nitrogens with zero attached hydrogens (tertiary/aromatic N) is 2. The van der Waals surface area contributed by atoms with Gasteiger partial charge in [0.05, 0.1) is 12.5 Å². The summed E-state index contributed by atoms with van der Waals surface area (Å²) in [7, 11) is 2.06. The van der Waals surface area contributed by atoms with Crippen LogP contribution in [-0.4, -0.2) is 11.9 Å². The number of rotatable bonds is 5. The van der Waals surface area contributed by atoms with Gasteiger partial charge in [0, 0.05) is 17.1 Å². The average Bonchev–Trinajstić information content (AvgIpc) is 2.52. The van der Waals surface area contributed by atoms with Gasteiger partial charge >= 0.3 is 0 Å². The standard InChI is InChI=1S/C18H19ClN2/c1-14(16-9-6-10-17(19)13-16)21(2)18(11-12-20)15-7-4-3-5-8-15/h3-10,13-14,18H,11H2,1-2H3. The third-order valence-electron chi connectivity index (χ3n) is 3.90. The molecule has 2 unspecified atom stereocenters. The molecule has 108 valence electrons. The number of benzene rings is 2. The average molecular weight is 299 g/mol. The second kappa shape index (κ2) is 7.26. The number of hydrogen-bond acceptors (Lipinski definition) is 2. The van der Waals surface area contributed by atoms with Gasteiger partial charge in [-0.15, -0.1) is 0 Å². The van der Waals surface area contributed by atoms with Crippen LogP contribution in [0, 0.1) is 11.3 Å². The Hall–Kier alpha value is -1.82. The largest absolute Gasteiger partial charge is 0.292 e. The molecule has 2 atom stereocenters. The summed E-state index contributed by atoms with van der Waals surface area (Å²) >= 11 is 6.08. The van der Waals surface area contributed by atoms with E-state index in [4.69, 9.17) is 16.9 Å². The van der Waals surface area contributed by atoms with Crippen LogP contribution in [0.5, 0.6) is 0 Å². The topological polar surface area (TPSA) is 27.0 Å². The molecule has 0 aromatic heterocycles. The van der Waals surface area contributed by atoms with E-state index in [9.17, 15) is 0 Å². The molecule has 0 bridgehead atoms. The molecule has 0 amide bonds. The maximum Gasteiger partial charge on any atom is 0.0641 e. The first-order valence-electron chi connectivity index (χ1n) is 7.02. The van der Waals surface area contributed by atoms with Gasteiger partial charge in [-0.1, -0.05) is 54.1 Å². The van der Waals surface area contributed by atoms with Crippen LogP contribution in [0.3, 0.4) is 0 Å². The molecule has 0 heterocycles. The predicted octanol–water partition coefficient (Wildman–Crippen LogP) is 4.99. The van der Waals surface area contributed by atoms with Gasteiger partial charge in [0.25, 0.3) is 0 Å². The lowest BCUT2D eigenvalue weighted by molar-refractivity contribution is 0.188. The predicted molar refractivity (Wildman–Crippen MR) is 87.0 cm³/mol. The zero-order chi connectivity index (χ0) is 15.2. The molecule has 2 rings (SSSR count). The van der Waals surface area contributed by atoms with Crippen LogP contribution in [0.2, 0.25) is 5.02 Å². The van der Waals surface area contributed by atoms with Gasteiger partial charge < -0.3 is 0 Å². The molecule has 0 saturated carbocycles. The summed E-state index contributed by atoms with van der Waals surface area (Å²) in [5.41, 5.74) is 2.32. The highest BCUT2D eigenvalue weighted by atomic mass is 35.5. The van der Waals surface area contributed by atoms with Gasteiger partial charge in [-0.25, -0.2) is 0 Å². The quantitative estimate of drug-likeness (QED) is 0.777. The number of hydrogen-bond donors (Lipinski definition) is 0. The first-order chi connectivity index (χ1) is 10.1. The zero-order valence-electron chi connectivity index (χ0n) is 12.3. The second-order valence-electron chi connectivity index (χ2n) is 5.19. The van der Waals surface area contributed by atoms with Gasteiger partial charge in [-0.2, -0.15) is 5.26 Å². The van der Waals surface area contributed by atoms with Crippen LogP contribution in [-0.2, 0) is 0 Å². The fraction of sp³-hybridized carbons (Fsp3) is 0.278. The molecular formula is C18H19ClN2. The lowest BCUT2D eigenvalue weighted by Crippen LogP contribution is -2.27. The summed E-state index contributed by atoms with van der Waals surface area (Å²) in [6.07, 6.45) is 0.464. The Morgan fingerprint density at radius 3 is 2.38 bits per heavy atom. The van der Waals surface area contributed by atoms with Gasteiger partial charge in [0.1, 0.15) is 0 Å². The summed E-state index contributed by atoms with van der Waals surface area (Å²) in [5, 5.41) is 9.89. The van der Waals surface area contributed by atoms with E-state index in [1.165, 1.54) is 0 Å². The van der Waals surface area contributed by atoms with Crippen molar-refractivity contribution in [2.24, 2.45) is 0 Å². The molecular weight excluding hydrogens is 280 g/mol. The first kappa shape index (κ1) is 15.6. The molecule has 2 nitrogen and oxygen atoms in total. The highest BCUT2D eigenvalue weighted by Gasteiger charge is 2.22. The normalized spacial score (nSPS) is 13.7. The minimum Gasteiger partial charge on any atom is -0.292 e. The van der Waals surface area contributed by atoms with Crippen molar-refractivity contribution in [1.82, 2.24) is 4.90 Å². The molecule has 0 saturated heterocycles. The third kappa shape index (κ3) is 3.85. The maximum atomic E-state index is 9.15. The van der Waals surface area contributed by atoms with Crippen molar-refractivity contribution in [3.8, 4) is 6.07 Å². The van der Waals surface area contributed by atoms with Crippen LogP contribution < -0.4 is 0 Å². The highest BCUT2D eigenvalue weighted by Crippen LogP contribution is 2.31. The van der Waals surface area contributed by atoms with E-state index in [2.05, 4.69) is 43.1 Å². The zero-order valence-corrected chi connectivity index (χ0v) is 13.1. The van der Waals surface area contributed by atoms with Crippen LogP contribution in [0.4, 0.5) is 0 Å². The fourth-order valence-corrected chi connectivity index (χ4v) is 2.73. The summed E-state index contributed by atoms with van der Waals surface area (Å²) in [4.78, 5) is 2.23. The van der Waals surface area contributed by atoms with Crippen molar-refractivity contribution in [3.05, 3.63) is 70.7 Å². The molecule has 0 aliphatic heterocycles. The van der Waals surface area contributed by atoms with Crippen LogP contribution >= 0.6 is 11.6 Å². The van der Waals surface area contributed by atoms with Crippen molar-refractivity contribution >= 4 is 11.6 Å². The Labute approximate surface area is 131 Å². The van der Waals surface area contributed by atoms with Crippen LogP contribution in [0.25, 0.3) is 0 Å². The Balaban J connectivity index is 2.26. The third-order valence-corrected chi connectivity index (χ3v) is 4.14. The van der Waals surface area contributed by atoms with Crippen molar-refractivity contribution in [2.45, 2.75) is 25.4 Å². The van der Waals surface area contributed by atoms with E-state index in [1.807, 2.05) is 36.4 Å². The lowest BCUT2D eigenvalue weighted by atomic mass is 9.99. The van der Waals surface area contributed by atoms with Crippen molar-refractivity contribution in [2.75, 3.05) is 7.05 Å². The molecule has 2 aromatic carbocycles. The molecule has 0 spiro atoms. The molecule has 0 aliphatic rings. The van der Waals surface area contributed by atoms with Crippen molar-refractivity contribution in [1.29, 1.82) is 5.26 Å². The monoisotopic (exact) mass is 298 g/mol. The minimum atomic E-state index is 0.0742. The van der Waals surface area contributed by atoms with Crippen molar-refractivity contribution < 1.29 is 0 Å². The van der Waals surface area contributed by atoms with E-state index < -0.39 is 0 Å². The molecule has 2 aromatic rings. The molecule has 0 aliphatic carbocycles. The summed E-state index contributed by atoms with van der Waals surface area (Å²) < 4.78 is 0. The Morgan fingerprint density at radius 1 is 1.10 bits per heavy atom. The van der Waals surface area contributed by atoms with Crippen molar-refractivity contribution in [3.63, 3.8) is 0 Å². The summed E-state index contributed by atoms with van der Waals surface area (Å²) in [5.74, 6) is 0. The highest BCUT2D eigenvalue weighted by molar-refractivity contribution is 6.30. The molecule has 0 fully saturated rings. The summed E-state index contributed by atoms with van der Waals surface area (Å²) in [6.45, 7) is 2.14. The second-order valence-corrected chi connectivity index (χ2v) is 5.62. The Morgan fingerprint density at radius 2 is 1.76 bits per heavy atom. The van der Waals surface area contributed by atoms with Gasteiger partial charge in [0.2, 0.25) is 0 Å². The van der Waals surface area contributed by atoms with Gasteiger partial charge in [0.15, 0.2) is 0 Å². The van der Waals surface area contributed by atoms with Crippen LogP contribution in [0.15, 0.2) is 54.6 Å². The minimum absolute atomic E-state index is 0.0742. The van der Waals surface area contributed by atoms with Crippen LogP contribution in [0.1, 0.15) is 36.6 Å². The smallest absolute Gasteiger partial charge is 0.0641 e. The van der Waals surface area contributed by atoms with Gasteiger partial charge in [-0.3, -0.25) is 4.90 Å². The maximum absolute atomic E-state index is 9.15. The fourth-order valence-electron chi connectivity index (χ4n) is 2.53. The first-order valence-corrected chi connectivity index (χ1v) is 7.40. The SMILES string of the molecule is CC(c1cccc(Cl)c1)N(C)C(CC#N)c1ccccc1. The van der Waals surface area contributed by atoms with Gasteiger partial charge in [-0.05, 0) is 37.2 Å². The summed E-state index contributed by atoms with van der Waals surface area (Å²) in [6, 6.07) is 20.6. The van der Waals surface area contributed by atoms with E-state index >= 15 is 0 Å². The Kier molecular flexibility index (Phi) is 5.38. The number of halogens is 1. The number of nitriles is 1. The molecule has 0 radical (unpaired) electrons.